The molecule has 0 unspecified atom stereocenters. The highest BCUT2D eigenvalue weighted by Crippen LogP contribution is 2.32. The average Bonchev–Trinajstić information content (AvgIpc) is 2.63. The molecule has 1 nitrogen and oxygen atoms in total. The molecule has 2 aliphatic rings. The number of rotatable bonds is 4. The van der Waals surface area contributed by atoms with E-state index in [9.17, 15) is 0 Å². The zero-order chi connectivity index (χ0) is 9.80. The smallest absolute Gasteiger partial charge is 0.0700 e. The Morgan fingerprint density at radius 1 is 1.29 bits per heavy atom. The summed E-state index contributed by atoms with van der Waals surface area (Å²) in [6.07, 6.45) is 2.13. The number of hydrogen-bond donors (Lipinski definition) is 0. The van der Waals surface area contributed by atoms with Crippen LogP contribution in [-0.4, -0.2) is 6.61 Å². The summed E-state index contributed by atoms with van der Waals surface area (Å²) < 4.78 is 4.81. The zero-order valence-electron chi connectivity index (χ0n) is 8.03. The van der Waals surface area contributed by atoms with E-state index in [2.05, 4.69) is 36.8 Å². The molecule has 1 radical (unpaired) electrons. The van der Waals surface area contributed by atoms with Gasteiger partial charge in [0.15, 0.2) is 0 Å². The lowest BCUT2D eigenvalue weighted by Crippen LogP contribution is -1.90. The lowest BCUT2D eigenvalue weighted by molar-refractivity contribution is 0.238. The summed E-state index contributed by atoms with van der Waals surface area (Å²) in [6.45, 7) is 0.740. The Bertz CT molecular complexity index is 367. The van der Waals surface area contributed by atoms with Crippen molar-refractivity contribution in [3.8, 4) is 10.4 Å². The molecule has 0 aromatic heterocycles. The maximum absolute atomic E-state index is 4.81. The molecule has 14 heavy (non-hydrogen) atoms. The number of aryl methyl sites for hydroxylation is 1. The van der Waals surface area contributed by atoms with Crippen LogP contribution in [0.4, 0.5) is 0 Å². The van der Waals surface area contributed by atoms with Crippen LogP contribution < -0.4 is 0 Å². The third kappa shape index (κ3) is 1.97. The maximum atomic E-state index is 4.81. The predicted molar refractivity (Wildman–Crippen MR) is 60.6 cm³/mol. The molecule has 1 heterocycles. The lowest BCUT2D eigenvalue weighted by Gasteiger charge is -2.02. The van der Waals surface area contributed by atoms with Crippen LogP contribution in [-0.2, 0) is 11.2 Å². The largest absolute Gasteiger partial charge is 0.379 e. The topological polar surface area (TPSA) is 9.23 Å². The standard InChI is InChI=1S/C12H13OS/c1-13-8-2-4-10-6-7-11-5-3-9-14-12(10)11/h3,5-7,9H,1-2,4,8H2. The van der Waals surface area contributed by atoms with Crippen molar-refractivity contribution in [1.82, 2.24) is 0 Å². The SMILES string of the molecule is [CH2]OCCCc1ccc2cccsc1-2. The van der Waals surface area contributed by atoms with Crippen molar-refractivity contribution in [2.24, 2.45) is 0 Å². The Labute approximate surface area is 88.7 Å². The first-order valence-electron chi connectivity index (χ1n) is 4.74. The highest BCUT2D eigenvalue weighted by Gasteiger charge is 2.08. The van der Waals surface area contributed by atoms with Crippen molar-refractivity contribution in [2.75, 3.05) is 6.61 Å². The van der Waals surface area contributed by atoms with Gasteiger partial charge in [-0.2, -0.15) is 0 Å². The quantitative estimate of drug-likeness (QED) is 0.693. The minimum atomic E-state index is 0.740. The monoisotopic (exact) mass is 205 g/mol. The van der Waals surface area contributed by atoms with Gasteiger partial charge >= 0.3 is 0 Å². The fourth-order valence-electron chi connectivity index (χ4n) is 1.61. The molecule has 0 saturated carbocycles. The molecule has 0 aromatic rings. The van der Waals surface area contributed by atoms with E-state index in [0.29, 0.717) is 0 Å². The van der Waals surface area contributed by atoms with Gasteiger partial charge in [0.2, 0.25) is 0 Å². The molecule has 1 aliphatic carbocycles. The molecular weight excluding hydrogens is 192 g/mol. The first-order valence-corrected chi connectivity index (χ1v) is 5.62. The third-order valence-electron chi connectivity index (χ3n) is 2.29. The van der Waals surface area contributed by atoms with Crippen LogP contribution in [0.3, 0.4) is 0 Å². The Hall–Kier alpha value is -0.860. The molecule has 0 atom stereocenters. The van der Waals surface area contributed by atoms with E-state index >= 15 is 0 Å². The first kappa shape index (κ1) is 9.69. The van der Waals surface area contributed by atoms with Crippen LogP contribution in [0.1, 0.15) is 12.0 Å². The van der Waals surface area contributed by atoms with Gasteiger partial charge in [0, 0.05) is 11.5 Å². The molecule has 1 aliphatic heterocycles. The summed E-state index contributed by atoms with van der Waals surface area (Å²) in [5.41, 5.74) is 2.78. The second-order valence-corrected chi connectivity index (χ2v) is 4.18. The van der Waals surface area contributed by atoms with Crippen LogP contribution in [0.15, 0.2) is 29.6 Å². The van der Waals surface area contributed by atoms with Crippen molar-refractivity contribution in [1.29, 1.82) is 0 Å². The van der Waals surface area contributed by atoms with E-state index in [1.54, 1.807) is 0 Å². The van der Waals surface area contributed by atoms with Crippen LogP contribution in [0, 0.1) is 7.11 Å². The molecule has 0 aromatic carbocycles. The van der Waals surface area contributed by atoms with Crippen molar-refractivity contribution < 1.29 is 4.74 Å². The minimum Gasteiger partial charge on any atom is -0.379 e. The van der Waals surface area contributed by atoms with E-state index in [0.717, 1.165) is 19.4 Å². The number of ether oxygens (including phenoxy) is 1. The van der Waals surface area contributed by atoms with Gasteiger partial charge in [0.25, 0.3) is 0 Å². The summed E-state index contributed by atoms with van der Waals surface area (Å²) in [5, 5.41) is 2.13. The molecule has 0 N–H and O–H groups in total. The fourth-order valence-corrected chi connectivity index (χ4v) is 2.50. The predicted octanol–water partition coefficient (Wildman–Crippen LogP) is 3.59. The summed E-state index contributed by atoms with van der Waals surface area (Å²) in [4.78, 5) is 1.41. The first-order chi connectivity index (χ1) is 6.92. The maximum Gasteiger partial charge on any atom is 0.0700 e. The molecule has 2 heteroatoms. The van der Waals surface area contributed by atoms with Crippen LogP contribution >= 0.6 is 11.3 Å². The summed E-state index contributed by atoms with van der Waals surface area (Å²) >= 11 is 1.81. The van der Waals surface area contributed by atoms with Crippen molar-refractivity contribution >= 4 is 11.3 Å². The molecule has 0 saturated heterocycles. The highest BCUT2D eigenvalue weighted by molar-refractivity contribution is 7.13. The van der Waals surface area contributed by atoms with Gasteiger partial charge in [-0.25, -0.2) is 0 Å². The van der Waals surface area contributed by atoms with Gasteiger partial charge in [-0.15, -0.1) is 11.3 Å². The second kappa shape index (κ2) is 4.58. The number of hydrogen-bond acceptors (Lipinski definition) is 2. The zero-order valence-corrected chi connectivity index (χ0v) is 8.85. The van der Waals surface area contributed by atoms with Crippen molar-refractivity contribution in [2.45, 2.75) is 12.8 Å². The Balaban J connectivity index is 2.11. The molecule has 0 bridgehead atoms. The van der Waals surface area contributed by atoms with E-state index in [-0.39, 0.29) is 0 Å². The van der Waals surface area contributed by atoms with Gasteiger partial charge in [-0.3, -0.25) is 0 Å². The van der Waals surface area contributed by atoms with Crippen LogP contribution in [0.2, 0.25) is 0 Å². The van der Waals surface area contributed by atoms with E-state index in [1.807, 2.05) is 11.3 Å². The molecule has 0 fully saturated rings. The average molecular weight is 205 g/mol. The van der Waals surface area contributed by atoms with Crippen molar-refractivity contribution in [3.05, 3.63) is 42.3 Å². The van der Waals surface area contributed by atoms with Gasteiger partial charge < -0.3 is 4.74 Å². The van der Waals surface area contributed by atoms with E-state index in [1.165, 1.54) is 16.0 Å². The molecular formula is C12H13OS. The Morgan fingerprint density at radius 3 is 3.07 bits per heavy atom. The number of fused-ring (bicyclic) bond motifs is 1. The Morgan fingerprint density at radius 2 is 2.21 bits per heavy atom. The van der Waals surface area contributed by atoms with Gasteiger partial charge in [0.1, 0.15) is 0 Å². The summed E-state index contributed by atoms with van der Waals surface area (Å²) in [7, 11) is 3.37. The minimum absolute atomic E-state index is 0.740. The summed E-state index contributed by atoms with van der Waals surface area (Å²) in [6, 6.07) is 8.65. The van der Waals surface area contributed by atoms with E-state index < -0.39 is 0 Å². The molecule has 73 valence electrons. The van der Waals surface area contributed by atoms with Gasteiger partial charge in [-0.1, -0.05) is 24.3 Å². The fraction of sp³-hybridized carbons (Fsp3) is 0.250. The molecule has 2 rings (SSSR count). The summed E-state index contributed by atoms with van der Waals surface area (Å²) in [5.74, 6) is 0. The normalized spacial score (nSPS) is 10.9. The second-order valence-electron chi connectivity index (χ2n) is 3.27. The van der Waals surface area contributed by atoms with Crippen LogP contribution in [0.5, 0.6) is 0 Å². The van der Waals surface area contributed by atoms with Crippen molar-refractivity contribution in [3.63, 3.8) is 0 Å². The van der Waals surface area contributed by atoms with Gasteiger partial charge in [0.05, 0.1) is 7.11 Å². The Kier molecular flexibility index (Phi) is 3.17. The highest BCUT2D eigenvalue weighted by atomic mass is 32.1. The molecule has 0 amide bonds. The van der Waals surface area contributed by atoms with E-state index in [4.69, 9.17) is 4.74 Å². The van der Waals surface area contributed by atoms with Gasteiger partial charge in [-0.05, 0) is 29.3 Å². The van der Waals surface area contributed by atoms with Crippen LogP contribution in [0.25, 0.3) is 10.4 Å². The third-order valence-corrected chi connectivity index (χ3v) is 3.32. The lowest BCUT2D eigenvalue weighted by atomic mass is 10.1. The molecule has 0 spiro atoms.